The van der Waals surface area contributed by atoms with E-state index in [0.29, 0.717) is 34.8 Å². The second kappa shape index (κ2) is 8.28. The first kappa shape index (κ1) is 19.7. The highest BCUT2D eigenvalue weighted by molar-refractivity contribution is 9.10. The van der Waals surface area contributed by atoms with Gasteiger partial charge in [-0.3, -0.25) is 8.78 Å². The number of halogens is 1. The molecular formula is C18H17BrNO6S-. The van der Waals surface area contributed by atoms with E-state index < -0.39 is 22.9 Å². The number of hydrogen-bond acceptors (Lipinski definition) is 6. The van der Waals surface area contributed by atoms with Crippen molar-refractivity contribution in [2.45, 2.75) is 13.0 Å². The third kappa shape index (κ3) is 4.10. The molecule has 0 saturated heterocycles. The fraction of sp³-hybridized carbons (Fsp3) is 0.278. The fourth-order valence-corrected chi connectivity index (χ4v) is 3.86. The number of methoxy groups -OCH3 is 1. The minimum Gasteiger partial charge on any atom is -0.772 e. The Hall–Kier alpha value is -2.10. The van der Waals surface area contributed by atoms with Crippen molar-refractivity contribution in [3.63, 3.8) is 0 Å². The first-order valence-corrected chi connectivity index (χ1v) is 10.2. The maximum Gasteiger partial charge on any atom is 0.420 e. The maximum atomic E-state index is 12.5. The number of benzene rings is 2. The van der Waals surface area contributed by atoms with Crippen molar-refractivity contribution in [3.8, 4) is 11.5 Å². The zero-order valence-electron chi connectivity index (χ0n) is 14.6. The van der Waals surface area contributed by atoms with E-state index in [9.17, 15) is 13.6 Å². The number of aromatic nitrogens is 1. The Morgan fingerprint density at radius 1 is 1.26 bits per heavy atom. The van der Waals surface area contributed by atoms with Crippen LogP contribution < -0.4 is 15.2 Å². The van der Waals surface area contributed by atoms with Gasteiger partial charge in [0, 0.05) is 10.2 Å². The van der Waals surface area contributed by atoms with Gasteiger partial charge in [-0.2, -0.15) is 0 Å². The summed E-state index contributed by atoms with van der Waals surface area (Å²) >= 11 is 0.944. The van der Waals surface area contributed by atoms with Crippen LogP contribution in [0, 0.1) is 0 Å². The molecule has 1 heterocycles. The van der Waals surface area contributed by atoms with Gasteiger partial charge in [-0.05, 0) is 42.8 Å². The van der Waals surface area contributed by atoms with Crippen LogP contribution in [0.2, 0.25) is 0 Å². The van der Waals surface area contributed by atoms with E-state index >= 15 is 0 Å². The van der Waals surface area contributed by atoms with Crippen LogP contribution in [0.1, 0.15) is 18.5 Å². The molecule has 3 rings (SSSR count). The zero-order chi connectivity index (χ0) is 19.6. The van der Waals surface area contributed by atoms with Gasteiger partial charge in [0.1, 0.15) is 0 Å². The number of rotatable bonds is 7. The Kier molecular flexibility index (Phi) is 6.03. The summed E-state index contributed by atoms with van der Waals surface area (Å²) in [5.74, 6) is 0.0775. The summed E-state index contributed by atoms with van der Waals surface area (Å²) in [4.78, 5) is 12.5. The molecule has 27 heavy (non-hydrogen) atoms. The second-order valence-electron chi connectivity index (χ2n) is 5.68. The van der Waals surface area contributed by atoms with Gasteiger partial charge in [-0.15, -0.1) is 0 Å². The molecule has 0 radical (unpaired) electrons. The average Bonchev–Trinajstić information content (AvgIpc) is 2.94. The number of oxazole rings is 1. The second-order valence-corrected chi connectivity index (χ2v) is 7.54. The van der Waals surface area contributed by atoms with Crippen LogP contribution in [0.5, 0.6) is 11.5 Å². The number of hydrogen-bond donors (Lipinski definition) is 0. The molecule has 0 aliphatic rings. The molecule has 2 atom stereocenters. The average molecular weight is 455 g/mol. The molecule has 2 aromatic carbocycles. The predicted octanol–water partition coefficient (Wildman–Crippen LogP) is 3.23. The smallest absolute Gasteiger partial charge is 0.420 e. The van der Waals surface area contributed by atoms with E-state index in [-0.39, 0.29) is 5.75 Å². The topological polar surface area (TPSA) is 93.7 Å². The quantitative estimate of drug-likeness (QED) is 0.508. The Bertz CT molecular complexity index is 1040. The predicted molar refractivity (Wildman–Crippen MR) is 104 cm³/mol. The normalized spacial score (nSPS) is 13.5. The van der Waals surface area contributed by atoms with E-state index in [1.165, 1.54) is 11.7 Å². The van der Waals surface area contributed by atoms with E-state index in [1.54, 1.807) is 36.4 Å². The highest BCUT2D eigenvalue weighted by atomic mass is 79.9. The molecule has 1 aromatic heterocycles. The van der Waals surface area contributed by atoms with E-state index in [4.69, 9.17) is 13.9 Å². The molecule has 0 spiro atoms. The first-order chi connectivity index (χ1) is 12.9. The van der Waals surface area contributed by atoms with Gasteiger partial charge in [0.05, 0.1) is 25.3 Å². The molecular weight excluding hydrogens is 438 g/mol. The number of nitrogens with zero attached hydrogens (tertiary/aromatic N) is 1. The van der Waals surface area contributed by atoms with Gasteiger partial charge in [0.25, 0.3) is 0 Å². The molecule has 7 nitrogen and oxygen atoms in total. The largest absolute Gasteiger partial charge is 0.772 e. The minimum absolute atomic E-state index is 0.289. The van der Waals surface area contributed by atoms with Crippen LogP contribution in [0.15, 0.2) is 50.1 Å². The number of ether oxygens (including phenoxy) is 2. The van der Waals surface area contributed by atoms with E-state index in [2.05, 4.69) is 15.9 Å². The molecule has 0 saturated carbocycles. The molecule has 3 aromatic rings. The lowest BCUT2D eigenvalue weighted by Crippen LogP contribution is -2.26. The van der Waals surface area contributed by atoms with Crippen LogP contribution in [0.4, 0.5) is 0 Å². The molecule has 0 bridgehead atoms. The fourth-order valence-electron chi connectivity index (χ4n) is 2.92. The molecule has 0 aliphatic heterocycles. The number of fused-ring (bicyclic) bond motifs is 1. The maximum absolute atomic E-state index is 12.5. The van der Waals surface area contributed by atoms with Crippen LogP contribution in [-0.2, 0) is 11.1 Å². The van der Waals surface area contributed by atoms with Crippen LogP contribution in [0.3, 0.4) is 0 Å². The minimum atomic E-state index is -2.39. The van der Waals surface area contributed by atoms with Gasteiger partial charge >= 0.3 is 5.76 Å². The summed E-state index contributed by atoms with van der Waals surface area (Å²) in [6.07, 6.45) is 0. The van der Waals surface area contributed by atoms with Crippen LogP contribution in [0.25, 0.3) is 11.1 Å². The summed E-state index contributed by atoms with van der Waals surface area (Å²) in [5, 5.41) is 0. The van der Waals surface area contributed by atoms with Crippen LogP contribution in [-0.4, -0.2) is 32.8 Å². The van der Waals surface area contributed by atoms with Crippen molar-refractivity contribution in [3.05, 3.63) is 57.0 Å². The lowest BCUT2D eigenvalue weighted by Gasteiger charge is -2.21. The molecule has 9 heteroatoms. The summed E-state index contributed by atoms with van der Waals surface area (Å²) in [6.45, 7) is 2.25. The molecule has 0 fully saturated rings. The van der Waals surface area contributed by atoms with Gasteiger partial charge in [0.2, 0.25) is 0 Å². The van der Waals surface area contributed by atoms with Gasteiger partial charge < -0.3 is 18.4 Å². The first-order valence-electron chi connectivity index (χ1n) is 8.11. The van der Waals surface area contributed by atoms with Crippen molar-refractivity contribution in [1.29, 1.82) is 0 Å². The van der Waals surface area contributed by atoms with Crippen molar-refractivity contribution in [2.75, 3.05) is 19.5 Å². The highest BCUT2D eigenvalue weighted by Crippen LogP contribution is 2.33. The van der Waals surface area contributed by atoms with E-state index in [0.717, 1.165) is 4.47 Å². The lowest BCUT2D eigenvalue weighted by atomic mass is 10.1. The molecule has 0 N–H and O–H groups in total. The summed E-state index contributed by atoms with van der Waals surface area (Å²) < 4.78 is 41.3. The molecule has 144 valence electrons. The SMILES string of the molecule is CCOc1cc([C@H](CS(=O)[O-])n2c(=O)oc3cc(Br)ccc32)ccc1OC. The molecule has 0 aliphatic carbocycles. The van der Waals surface area contributed by atoms with Crippen molar-refractivity contribution in [1.82, 2.24) is 4.57 Å². The van der Waals surface area contributed by atoms with E-state index in [1.807, 2.05) is 6.92 Å². The Balaban J connectivity index is 2.19. The van der Waals surface area contributed by atoms with Crippen molar-refractivity contribution >= 4 is 38.1 Å². The third-order valence-corrected chi connectivity index (χ3v) is 5.13. The molecule has 1 unspecified atom stereocenters. The summed E-state index contributed by atoms with van der Waals surface area (Å²) in [5.41, 5.74) is 1.47. The van der Waals surface area contributed by atoms with Gasteiger partial charge in [-0.25, -0.2) is 4.79 Å². The Labute approximate surface area is 166 Å². The Morgan fingerprint density at radius 2 is 2.04 bits per heavy atom. The molecule has 0 amide bonds. The highest BCUT2D eigenvalue weighted by Gasteiger charge is 2.22. The van der Waals surface area contributed by atoms with Gasteiger partial charge in [0.15, 0.2) is 17.1 Å². The van der Waals surface area contributed by atoms with Crippen molar-refractivity contribution in [2.24, 2.45) is 0 Å². The standard InChI is InChI=1S/C18H18BrNO6S/c1-3-25-17-8-11(4-7-15(17)24-2)14(10-27(22)23)20-13-6-5-12(19)9-16(13)26-18(20)21/h4-9,14H,3,10H2,1-2H3,(H,22,23)/p-1/t14-/m0/s1. The van der Waals surface area contributed by atoms with Gasteiger partial charge in [-0.1, -0.05) is 33.1 Å². The lowest BCUT2D eigenvalue weighted by molar-refractivity contribution is 0.310. The Morgan fingerprint density at radius 3 is 2.70 bits per heavy atom. The summed E-state index contributed by atoms with van der Waals surface area (Å²) in [6, 6.07) is 9.44. The third-order valence-electron chi connectivity index (χ3n) is 4.05. The van der Waals surface area contributed by atoms with Crippen LogP contribution >= 0.6 is 15.9 Å². The zero-order valence-corrected chi connectivity index (χ0v) is 17.0. The van der Waals surface area contributed by atoms with Crippen molar-refractivity contribution < 1.29 is 22.7 Å². The monoisotopic (exact) mass is 454 g/mol. The summed E-state index contributed by atoms with van der Waals surface area (Å²) in [7, 11) is 1.52.